The van der Waals surface area contributed by atoms with Crippen LogP contribution in [0.25, 0.3) is 0 Å². The largest absolute Gasteiger partial charge is 0.508 e. The van der Waals surface area contributed by atoms with Gasteiger partial charge in [-0.2, -0.15) is 0 Å². The lowest BCUT2D eigenvalue weighted by Crippen LogP contribution is -2.58. The van der Waals surface area contributed by atoms with Crippen molar-refractivity contribution in [1.29, 1.82) is 0 Å². The first-order valence-corrected chi connectivity index (χ1v) is 11.9. The van der Waals surface area contributed by atoms with Crippen molar-refractivity contribution in [2.75, 3.05) is 6.54 Å². The quantitative estimate of drug-likeness (QED) is 0.124. The van der Waals surface area contributed by atoms with E-state index in [2.05, 4.69) is 16.0 Å². The zero-order valence-corrected chi connectivity index (χ0v) is 21.0. The van der Waals surface area contributed by atoms with Gasteiger partial charge in [0.1, 0.15) is 23.9 Å². The van der Waals surface area contributed by atoms with Crippen molar-refractivity contribution in [2.24, 2.45) is 17.4 Å². The Labute approximate surface area is 215 Å². The molecule has 4 unspecified atom stereocenters. The van der Waals surface area contributed by atoms with Crippen LogP contribution in [0.4, 0.5) is 0 Å². The van der Waals surface area contributed by atoms with Crippen molar-refractivity contribution in [2.45, 2.75) is 70.1 Å². The van der Waals surface area contributed by atoms with Crippen LogP contribution in [0.15, 0.2) is 24.3 Å². The molecule has 1 aromatic rings. The average Bonchev–Trinajstić information content (AvgIpc) is 2.82. The number of nitrogens with two attached hydrogens (primary N) is 2. The highest BCUT2D eigenvalue weighted by Crippen LogP contribution is 2.12. The minimum Gasteiger partial charge on any atom is -0.508 e. The number of carbonyl (C=O) groups is 5. The van der Waals surface area contributed by atoms with E-state index in [9.17, 15) is 34.2 Å². The first kappa shape index (κ1) is 31.3. The molecule has 0 heterocycles. The summed E-state index contributed by atoms with van der Waals surface area (Å²) in [7, 11) is 0. The molecule has 13 nitrogen and oxygen atoms in total. The summed E-state index contributed by atoms with van der Waals surface area (Å²) >= 11 is 0. The average molecular weight is 524 g/mol. The standard InChI is InChI=1S/C24H37N5O8/c1-13(2)20(26)23(35)27-16(5-3-4-10-25)21(33)28-17(11-14-6-8-15(30)9-7-14)22(34)29-18(24(36)37)12-19(31)32/h6-9,13,16-18,20,30H,3-5,10-12,25-26H2,1-2H3,(H,27,35)(H,28,33)(H,29,34)(H,31,32)(H,36,37). The number of phenolic OH excluding ortho intramolecular Hbond substituents is 1. The first-order chi connectivity index (χ1) is 17.3. The van der Waals surface area contributed by atoms with E-state index in [-0.39, 0.29) is 24.5 Å². The van der Waals surface area contributed by atoms with Gasteiger partial charge in [-0.3, -0.25) is 19.2 Å². The number of aromatic hydroxyl groups is 1. The maximum Gasteiger partial charge on any atom is 0.326 e. The number of amides is 3. The van der Waals surface area contributed by atoms with Gasteiger partial charge in [0, 0.05) is 6.42 Å². The number of rotatable bonds is 16. The van der Waals surface area contributed by atoms with Crippen LogP contribution in [0, 0.1) is 5.92 Å². The molecule has 0 spiro atoms. The molecule has 0 aromatic heterocycles. The lowest BCUT2D eigenvalue weighted by Gasteiger charge is -2.26. The van der Waals surface area contributed by atoms with Crippen LogP contribution in [-0.4, -0.2) is 75.7 Å². The van der Waals surface area contributed by atoms with Gasteiger partial charge in [0.2, 0.25) is 17.7 Å². The van der Waals surface area contributed by atoms with E-state index >= 15 is 0 Å². The Bertz CT molecular complexity index is 938. The van der Waals surface area contributed by atoms with Gasteiger partial charge in [0.15, 0.2) is 0 Å². The predicted octanol–water partition coefficient (Wildman–Crippen LogP) is -0.939. The fourth-order valence-electron chi connectivity index (χ4n) is 3.33. The Kier molecular flexibility index (Phi) is 13.0. The molecular formula is C24H37N5O8. The van der Waals surface area contributed by atoms with Crippen LogP contribution in [0.1, 0.15) is 45.1 Å². The van der Waals surface area contributed by atoms with Gasteiger partial charge in [0.25, 0.3) is 0 Å². The van der Waals surface area contributed by atoms with E-state index in [1.54, 1.807) is 13.8 Å². The Morgan fingerprint density at radius 2 is 1.38 bits per heavy atom. The second kappa shape index (κ2) is 15.4. The number of hydrogen-bond acceptors (Lipinski definition) is 8. The van der Waals surface area contributed by atoms with Gasteiger partial charge in [-0.15, -0.1) is 0 Å². The smallest absolute Gasteiger partial charge is 0.326 e. The summed E-state index contributed by atoms with van der Waals surface area (Å²) in [5.74, 6) is -5.38. The molecule has 206 valence electrons. The number of benzene rings is 1. The monoisotopic (exact) mass is 523 g/mol. The number of carboxylic acid groups (broad SMARTS) is 2. The second-order valence-corrected chi connectivity index (χ2v) is 9.04. The van der Waals surface area contributed by atoms with Gasteiger partial charge in [-0.25, -0.2) is 4.79 Å². The van der Waals surface area contributed by atoms with Crippen molar-refractivity contribution >= 4 is 29.7 Å². The molecule has 3 amide bonds. The molecule has 10 N–H and O–H groups in total. The van der Waals surface area contributed by atoms with Crippen LogP contribution < -0.4 is 27.4 Å². The van der Waals surface area contributed by atoms with Crippen LogP contribution in [0.5, 0.6) is 5.75 Å². The van der Waals surface area contributed by atoms with Crippen LogP contribution >= 0.6 is 0 Å². The van der Waals surface area contributed by atoms with Crippen molar-refractivity contribution < 1.29 is 39.3 Å². The molecule has 0 aliphatic carbocycles. The molecule has 0 aliphatic rings. The molecule has 0 bridgehead atoms. The van der Waals surface area contributed by atoms with Crippen molar-refractivity contribution in [1.82, 2.24) is 16.0 Å². The molecule has 37 heavy (non-hydrogen) atoms. The highest BCUT2D eigenvalue weighted by Gasteiger charge is 2.31. The van der Waals surface area contributed by atoms with E-state index < -0.39 is 60.2 Å². The zero-order valence-electron chi connectivity index (χ0n) is 21.0. The summed E-state index contributed by atoms with van der Waals surface area (Å²) in [6.45, 7) is 3.88. The number of nitrogens with one attached hydrogen (secondary N) is 3. The third-order valence-corrected chi connectivity index (χ3v) is 5.60. The number of phenols is 1. The van der Waals surface area contributed by atoms with Gasteiger partial charge in [0.05, 0.1) is 12.5 Å². The molecule has 0 fully saturated rings. The predicted molar refractivity (Wildman–Crippen MR) is 133 cm³/mol. The van der Waals surface area contributed by atoms with E-state index in [0.717, 1.165) is 0 Å². The summed E-state index contributed by atoms with van der Waals surface area (Å²) in [5.41, 5.74) is 12.0. The number of carboxylic acids is 2. The second-order valence-electron chi connectivity index (χ2n) is 9.04. The molecule has 0 saturated heterocycles. The van der Waals surface area contributed by atoms with Gasteiger partial charge < -0.3 is 42.7 Å². The number of hydrogen-bond donors (Lipinski definition) is 8. The highest BCUT2D eigenvalue weighted by molar-refractivity contribution is 5.94. The fraction of sp³-hybridized carbons (Fsp3) is 0.542. The molecule has 4 atom stereocenters. The van der Waals surface area contributed by atoms with E-state index in [1.165, 1.54) is 24.3 Å². The SMILES string of the molecule is CC(C)C(N)C(=O)NC(CCCCN)C(=O)NC(Cc1ccc(O)cc1)C(=O)NC(CC(=O)O)C(=O)O. The zero-order chi connectivity index (χ0) is 28.1. The minimum atomic E-state index is -1.73. The van der Waals surface area contributed by atoms with Gasteiger partial charge in [-0.1, -0.05) is 26.0 Å². The van der Waals surface area contributed by atoms with Crippen molar-refractivity contribution in [3.63, 3.8) is 0 Å². The lowest BCUT2D eigenvalue weighted by molar-refractivity contribution is -0.147. The third-order valence-electron chi connectivity index (χ3n) is 5.60. The fourth-order valence-corrected chi connectivity index (χ4v) is 3.33. The van der Waals surface area contributed by atoms with Crippen LogP contribution in [0.2, 0.25) is 0 Å². The topological polar surface area (TPSA) is 234 Å². The summed E-state index contributed by atoms with van der Waals surface area (Å²) < 4.78 is 0. The lowest BCUT2D eigenvalue weighted by atomic mass is 10.0. The maximum absolute atomic E-state index is 13.2. The summed E-state index contributed by atoms with van der Waals surface area (Å²) in [4.78, 5) is 61.2. The van der Waals surface area contributed by atoms with E-state index in [0.29, 0.717) is 24.9 Å². The number of carbonyl (C=O) groups excluding carboxylic acids is 3. The van der Waals surface area contributed by atoms with Crippen molar-refractivity contribution in [3.8, 4) is 5.75 Å². The maximum atomic E-state index is 13.2. The van der Waals surface area contributed by atoms with Gasteiger partial charge in [-0.05, 0) is 49.4 Å². The summed E-state index contributed by atoms with van der Waals surface area (Å²) in [5, 5.41) is 35.1. The Balaban J connectivity index is 3.17. The number of unbranched alkanes of at least 4 members (excludes halogenated alkanes) is 1. The van der Waals surface area contributed by atoms with E-state index in [4.69, 9.17) is 16.6 Å². The Morgan fingerprint density at radius 3 is 1.89 bits per heavy atom. The molecular weight excluding hydrogens is 486 g/mol. The summed E-state index contributed by atoms with van der Waals surface area (Å²) in [6, 6.07) is 0.806. The van der Waals surface area contributed by atoms with Crippen molar-refractivity contribution in [3.05, 3.63) is 29.8 Å². The van der Waals surface area contributed by atoms with Gasteiger partial charge >= 0.3 is 11.9 Å². The minimum absolute atomic E-state index is 0.0228. The molecule has 13 heteroatoms. The Morgan fingerprint density at radius 1 is 0.838 bits per heavy atom. The summed E-state index contributed by atoms with van der Waals surface area (Å²) in [6.07, 6.45) is 0.324. The molecule has 1 aromatic carbocycles. The molecule has 0 aliphatic heterocycles. The normalized spacial score (nSPS) is 14.2. The highest BCUT2D eigenvalue weighted by atomic mass is 16.4. The molecule has 0 saturated carbocycles. The van der Waals surface area contributed by atoms with Crippen LogP contribution in [0.3, 0.4) is 0 Å². The number of aliphatic carboxylic acids is 2. The molecule has 0 radical (unpaired) electrons. The first-order valence-electron chi connectivity index (χ1n) is 11.9. The van der Waals surface area contributed by atoms with Crippen LogP contribution in [-0.2, 0) is 30.4 Å². The molecule has 1 rings (SSSR count). The third kappa shape index (κ3) is 11.3. The Hall–Kier alpha value is -3.71. The van der Waals surface area contributed by atoms with E-state index in [1.807, 2.05) is 0 Å².